The van der Waals surface area contributed by atoms with E-state index in [1.54, 1.807) is 52.2 Å². The number of carbonyl (C=O) groups excluding carboxylic acids is 3. The average molecular weight is 493 g/mol. The molecule has 0 atom stereocenters. The van der Waals surface area contributed by atoms with Crippen molar-refractivity contribution < 1.29 is 27.6 Å². The molecule has 1 saturated heterocycles. The number of anilines is 2. The first-order valence-electron chi connectivity index (χ1n) is 10.2. The van der Waals surface area contributed by atoms with Gasteiger partial charge in [-0.1, -0.05) is 0 Å². The van der Waals surface area contributed by atoms with Crippen molar-refractivity contribution in [3.63, 3.8) is 0 Å². The van der Waals surface area contributed by atoms with Crippen LogP contribution in [0.5, 0.6) is 0 Å². The number of rotatable bonds is 4. The molecular weight excluding hydrogens is 469 g/mol. The molecule has 0 radical (unpaired) electrons. The number of nitrogens with zero attached hydrogens (tertiary/aromatic N) is 3. The van der Waals surface area contributed by atoms with Gasteiger partial charge in [0.15, 0.2) is 5.11 Å². The SMILES string of the molecule is CNC(=O)c1ccc(N2C(=O)C(C)(C)N(c3ccc(C(=O)N(C)C)cc3)C2=S)cc1C(F)(F)F. The van der Waals surface area contributed by atoms with Crippen LogP contribution in [0.3, 0.4) is 0 Å². The Balaban J connectivity index is 2.06. The van der Waals surface area contributed by atoms with Gasteiger partial charge >= 0.3 is 6.18 Å². The van der Waals surface area contributed by atoms with E-state index in [0.29, 0.717) is 11.3 Å². The molecule has 2 aromatic rings. The highest BCUT2D eigenvalue weighted by molar-refractivity contribution is 7.81. The van der Waals surface area contributed by atoms with Crippen molar-refractivity contribution in [2.24, 2.45) is 0 Å². The Kier molecular flexibility index (Phi) is 6.45. The van der Waals surface area contributed by atoms with E-state index >= 15 is 0 Å². The summed E-state index contributed by atoms with van der Waals surface area (Å²) in [5.41, 5.74) is -2.14. The van der Waals surface area contributed by atoms with E-state index in [-0.39, 0.29) is 16.7 Å². The highest BCUT2D eigenvalue weighted by Gasteiger charge is 2.50. The van der Waals surface area contributed by atoms with Crippen molar-refractivity contribution in [1.82, 2.24) is 10.2 Å². The zero-order valence-electron chi connectivity index (χ0n) is 19.1. The van der Waals surface area contributed by atoms with Gasteiger partial charge in [-0.25, -0.2) is 0 Å². The fourth-order valence-corrected chi connectivity index (χ4v) is 4.23. The van der Waals surface area contributed by atoms with Crippen LogP contribution < -0.4 is 15.1 Å². The Morgan fingerprint density at radius 2 is 1.59 bits per heavy atom. The van der Waals surface area contributed by atoms with Gasteiger partial charge in [0.1, 0.15) is 5.54 Å². The number of hydrogen-bond donors (Lipinski definition) is 1. The lowest BCUT2D eigenvalue weighted by Gasteiger charge is -2.29. The molecule has 2 aromatic carbocycles. The lowest BCUT2D eigenvalue weighted by Crippen LogP contribution is -2.44. The summed E-state index contributed by atoms with van der Waals surface area (Å²) in [4.78, 5) is 41.4. The van der Waals surface area contributed by atoms with Crippen LogP contribution in [0.2, 0.25) is 0 Å². The summed E-state index contributed by atoms with van der Waals surface area (Å²) in [6.45, 7) is 3.20. The summed E-state index contributed by atoms with van der Waals surface area (Å²) in [6.07, 6.45) is -4.83. The maximum absolute atomic E-state index is 13.7. The third-order valence-corrected chi connectivity index (χ3v) is 5.85. The van der Waals surface area contributed by atoms with Gasteiger partial charge in [0.2, 0.25) is 0 Å². The van der Waals surface area contributed by atoms with Crippen LogP contribution >= 0.6 is 12.2 Å². The van der Waals surface area contributed by atoms with Gasteiger partial charge in [0, 0.05) is 32.4 Å². The first kappa shape index (κ1) is 25.2. The minimum atomic E-state index is -4.83. The molecule has 180 valence electrons. The normalized spacial score (nSPS) is 15.5. The number of amides is 3. The van der Waals surface area contributed by atoms with Crippen molar-refractivity contribution in [3.05, 3.63) is 59.2 Å². The molecule has 11 heteroatoms. The van der Waals surface area contributed by atoms with Gasteiger partial charge in [0.05, 0.1) is 16.8 Å². The maximum atomic E-state index is 13.7. The first-order valence-corrected chi connectivity index (χ1v) is 10.6. The highest BCUT2D eigenvalue weighted by atomic mass is 32.1. The monoisotopic (exact) mass is 492 g/mol. The Labute approximate surface area is 200 Å². The second-order valence-corrected chi connectivity index (χ2v) is 8.74. The molecule has 0 spiro atoms. The molecule has 7 nitrogen and oxygen atoms in total. The summed E-state index contributed by atoms with van der Waals surface area (Å²) in [7, 11) is 4.47. The summed E-state index contributed by atoms with van der Waals surface area (Å²) < 4.78 is 41.1. The van der Waals surface area contributed by atoms with Gasteiger partial charge in [0.25, 0.3) is 17.7 Å². The summed E-state index contributed by atoms with van der Waals surface area (Å²) in [6, 6.07) is 9.43. The zero-order valence-corrected chi connectivity index (χ0v) is 20.0. The van der Waals surface area contributed by atoms with Crippen LogP contribution in [-0.2, 0) is 11.0 Å². The number of hydrogen-bond acceptors (Lipinski definition) is 4. The van der Waals surface area contributed by atoms with Gasteiger partial charge in [-0.3, -0.25) is 19.3 Å². The molecule has 34 heavy (non-hydrogen) atoms. The summed E-state index contributed by atoms with van der Waals surface area (Å²) in [5, 5.41) is 2.16. The van der Waals surface area contributed by atoms with E-state index in [2.05, 4.69) is 5.32 Å². The number of halogens is 3. The minimum absolute atomic E-state index is 0.0255. The van der Waals surface area contributed by atoms with Crippen LogP contribution in [0, 0.1) is 0 Å². The molecule has 0 aromatic heterocycles. The van der Waals surface area contributed by atoms with Crippen molar-refractivity contribution in [2.45, 2.75) is 25.6 Å². The van der Waals surface area contributed by atoms with Crippen molar-refractivity contribution in [2.75, 3.05) is 30.9 Å². The van der Waals surface area contributed by atoms with Crippen LogP contribution in [0.25, 0.3) is 0 Å². The summed E-state index contributed by atoms with van der Waals surface area (Å²) in [5.74, 6) is -1.64. The maximum Gasteiger partial charge on any atom is 0.417 e. The number of thiocarbonyl (C=S) groups is 1. The van der Waals surface area contributed by atoms with Crippen LogP contribution in [0.1, 0.15) is 40.1 Å². The predicted molar refractivity (Wildman–Crippen MR) is 126 cm³/mol. The molecule has 3 rings (SSSR count). The minimum Gasteiger partial charge on any atom is -0.355 e. The van der Waals surface area contributed by atoms with Crippen LogP contribution in [-0.4, -0.2) is 54.4 Å². The topological polar surface area (TPSA) is 73.0 Å². The van der Waals surface area contributed by atoms with Crippen LogP contribution in [0.4, 0.5) is 24.5 Å². The number of benzene rings is 2. The molecule has 1 N–H and O–H groups in total. The molecule has 0 unspecified atom stereocenters. The summed E-state index contributed by atoms with van der Waals surface area (Å²) >= 11 is 5.52. The zero-order chi connectivity index (χ0) is 25.6. The average Bonchev–Trinajstić information content (AvgIpc) is 2.95. The largest absolute Gasteiger partial charge is 0.417 e. The van der Waals surface area contributed by atoms with E-state index < -0.39 is 34.7 Å². The molecule has 1 fully saturated rings. The first-order chi connectivity index (χ1) is 15.7. The Bertz CT molecular complexity index is 1180. The standard InChI is InChI=1S/C23H23F3N4O3S/c1-22(2)20(33)29(15-10-11-16(18(31)27-3)17(12-15)23(24,25)26)21(34)30(22)14-8-6-13(7-9-14)19(32)28(4)5/h6-12H,1-5H3,(H,27,31). The Morgan fingerprint density at radius 1 is 1.03 bits per heavy atom. The fraction of sp³-hybridized carbons (Fsp3) is 0.304. The molecule has 1 aliphatic heterocycles. The van der Waals surface area contributed by atoms with Crippen molar-refractivity contribution in [1.29, 1.82) is 0 Å². The van der Waals surface area contributed by atoms with E-state index in [1.165, 1.54) is 22.9 Å². The van der Waals surface area contributed by atoms with E-state index in [9.17, 15) is 27.6 Å². The molecule has 0 aliphatic carbocycles. The van der Waals surface area contributed by atoms with Crippen molar-refractivity contribution in [3.8, 4) is 0 Å². The lowest BCUT2D eigenvalue weighted by atomic mass is 10.0. The van der Waals surface area contributed by atoms with Gasteiger partial charge < -0.3 is 15.1 Å². The van der Waals surface area contributed by atoms with E-state index in [1.807, 2.05) is 0 Å². The number of carbonyl (C=O) groups is 3. The second kappa shape index (κ2) is 8.71. The quantitative estimate of drug-likeness (QED) is 0.660. The Morgan fingerprint density at radius 3 is 2.09 bits per heavy atom. The van der Waals surface area contributed by atoms with Crippen LogP contribution in [0.15, 0.2) is 42.5 Å². The molecule has 0 bridgehead atoms. The van der Waals surface area contributed by atoms with Gasteiger partial charge in [-0.05, 0) is 68.5 Å². The molecule has 1 heterocycles. The second-order valence-electron chi connectivity index (χ2n) is 8.37. The fourth-order valence-electron chi connectivity index (χ4n) is 3.71. The molecule has 3 amide bonds. The third-order valence-electron chi connectivity index (χ3n) is 5.49. The smallest absolute Gasteiger partial charge is 0.355 e. The third kappa shape index (κ3) is 4.23. The van der Waals surface area contributed by atoms with Gasteiger partial charge in [-0.15, -0.1) is 0 Å². The molecule has 0 saturated carbocycles. The van der Waals surface area contributed by atoms with Gasteiger partial charge in [-0.2, -0.15) is 13.2 Å². The van der Waals surface area contributed by atoms with Crippen molar-refractivity contribution >= 4 is 46.4 Å². The highest BCUT2D eigenvalue weighted by Crippen LogP contribution is 2.39. The number of nitrogens with one attached hydrogen (secondary N) is 1. The number of alkyl halides is 3. The molecule has 1 aliphatic rings. The van der Waals surface area contributed by atoms with E-state index in [0.717, 1.165) is 17.0 Å². The Hall–Kier alpha value is -3.47. The lowest BCUT2D eigenvalue weighted by molar-refractivity contribution is -0.138. The van der Waals surface area contributed by atoms with E-state index in [4.69, 9.17) is 12.2 Å². The molecular formula is C23H23F3N4O3S. The predicted octanol–water partition coefficient (Wildman–Crippen LogP) is 3.68.